The highest BCUT2D eigenvalue weighted by atomic mass is 79.9. The van der Waals surface area contributed by atoms with Gasteiger partial charge in [0, 0.05) is 21.5 Å². The molecule has 0 aliphatic carbocycles. The number of ether oxygens (including phenoxy) is 1. The molecule has 31 heavy (non-hydrogen) atoms. The number of nitrogens with one attached hydrogen (secondary N) is 1. The molecule has 0 spiro atoms. The second-order valence-corrected chi connectivity index (χ2v) is 7.72. The van der Waals surface area contributed by atoms with Crippen molar-refractivity contribution in [3.8, 4) is 11.8 Å². The molecular weight excluding hydrogens is 458 g/mol. The van der Waals surface area contributed by atoms with Gasteiger partial charge in [-0.3, -0.25) is 4.79 Å². The van der Waals surface area contributed by atoms with Gasteiger partial charge in [0.2, 0.25) is 0 Å². The summed E-state index contributed by atoms with van der Waals surface area (Å²) in [5.74, 6) is -0.934. The number of hydrogen-bond acceptors (Lipinski definition) is 4. The lowest BCUT2D eigenvalue weighted by Crippen LogP contribution is -2.13. The van der Waals surface area contributed by atoms with Crippen LogP contribution in [-0.4, -0.2) is 23.6 Å². The molecule has 7 heteroatoms. The number of para-hydroxylation sites is 1. The fourth-order valence-electron chi connectivity index (χ4n) is 3.29. The summed E-state index contributed by atoms with van der Waals surface area (Å²) in [6.07, 6.45) is 1.55. The van der Waals surface area contributed by atoms with Crippen LogP contribution in [0.5, 0.6) is 0 Å². The first kappa shape index (κ1) is 22.1. The fourth-order valence-corrected chi connectivity index (χ4v) is 3.56. The fraction of sp³-hybridized carbons (Fsp3) is 0.125. The summed E-state index contributed by atoms with van der Waals surface area (Å²) >= 11 is 3.35. The van der Waals surface area contributed by atoms with Crippen LogP contribution < -0.4 is 5.32 Å². The average Bonchev–Trinajstić information content (AvgIpc) is 3.05. The van der Waals surface area contributed by atoms with Crippen LogP contribution in [0, 0.1) is 25.2 Å². The third-order valence-corrected chi connectivity index (χ3v) is 5.32. The normalized spacial score (nSPS) is 11.0. The van der Waals surface area contributed by atoms with Crippen molar-refractivity contribution in [3.63, 3.8) is 0 Å². The number of carbonyl (C=O) groups is 2. The first-order valence-corrected chi connectivity index (χ1v) is 10.2. The molecule has 0 saturated heterocycles. The molecule has 2 aromatic carbocycles. The molecular formula is C24H20BrN3O3. The van der Waals surface area contributed by atoms with E-state index in [1.165, 1.54) is 7.11 Å². The summed E-state index contributed by atoms with van der Waals surface area (Å²) in [6.45, 7) is 3.76. The van der Waals surface area contributed by atoms with Gasteiger partial charge in [-0.05, 0) is 68.0 Å². The van der Waals surface area contributed by atoms with Gasteiger partial charge in [0.25, 0.3) is 5.91 Å². The number of nitrogens with zero attached hydrogens (tertiary/aromatic N) is 2. The van der Waals surface area contributed by atoms with Crippen molar-refractivity contribution >= 4 is 39.6 Å². The smallest absolute Gasteiger partial charge is 0.339 e. The molecule has 1 amide bonds. The number of anilines is 1. The summed E-state index contributed by atoms with van der Waals surface area (Å²) in [6, 6.07) is 18.1. The predicted molar refractivity (Wildman–Crippen MR) is 123 cm³/mol. The van der Waals surface area contributed by atoms with E-state index in [0.29, 0.717) is 22.5 Å². The Hall–Kier alpha value is -3.63. The number of hydrogen-bond donors (Lipinski definition) is 1. The van der Waals surface area contributed by atoms with Crippen molar-refractivity contribution in [1.29, 1.82) is 5.26 Å². The monoisotopic (exact) mass is 477 g/mol. The Bertz CT molecular complexity index is 1220. The van der Waals surface area contributed by atoms with Crippen molar-refractivity contribution in [1.82, 2.24) is 4.57 Å². The minimum atomic E-state index is -0.496. The van der Waals surface area contributed by atoms with Gasteiger partial charge < -0.3 is 14.6 Å². The van der Waals surface area contributed by atoms with Gasteiger partial charge in [0.15, 0.2) is 0 Å². The molecule has 0 atom stereocenters. The molecule has 1 N–H and O–H groups in total. The van der Waals surface area contributed by atoms with Crippen molar-refractivity contribution < 1.29 is 14.3 Å². The van der Waals surface area contributed by atoms with Crippen LogP contribution in [0.15, 0.2) is 64.6 Å². The lowest BCUT2D eigenvalue weighted by molar-refractivity contribution is -0.112. The summed E-state index contributed by atoms with van der Waals surface area (Å²) in [4.78, 5) is 24.8. The molecule has 0 bridgehead atoms. The zero-order valence-corrected chi connectivity index (χ0v) is 18.9. The largest absolute Gasteiger partial charge is 0.465 e. The van der Waals surface area contributed by atoms with Gasteiger partial charge in [-0.25, -0.2) is 4.79 Å². The van der Waals surface area contributed by atoms with Crippen LogP contribution in [0.25, 0.3) is 11.8 Å². The number of esters is 1. The van der Waals surface area contributed by atoms with Gasteiger partial charge in [-0.15, -0.1) is 0 Å². The molecule has 0 fully saturated rings. The number of aryl methyl sites for hydroxylation is 1. The second-order valence-electron chi connectivity index (χ2n) is 6.80. The molecule has 1 heterocycles. The average molecular weight is 478 g/mol. The molecule has 6 nitrogen and oxygen atoms in total. The van der Waals surface area contributed by atoms with Crippen LogP contribution in [0.4, 0.5) is 5.69 Å². The van der Waals surface area contributed by atoms with Crippen molar-refractivity contribution in [3.05, 3.63) is 87.2 Å². The highest BCUT2D eigenvalue weighted by Gasteiger charge is 2.18. The molecule has 3 aromatic rings. The Balaban J connectivity index is 1.98. The number of amides is 1. The van der Waals surface area contributed by atoms with Gasteiger partial charge in [0.05, 0.1) is 18.4 Å². The van der Waals surface area contributed by atoms with E-state index < -0.39 is 11.9 Å². The van der Waals surface area contributed by atoms with Crippen molar-refractivity contribution in [2.45, 2.75) is 13.8 Å². The Kier molecular flexibility index (Phi) is 6.73. The third-order valence-electron chi connectivity index (χ3n) is 4.79. The maximum absolute atomic E-state index is 12.6. The van der Waals surface area contributed by atoms with E-state index in [1.807, 2.05) is 42.7 Å². The first-order valence-electron chi connectivity index (χ1n) is 9.41. The van der Waals surface area contributed by atoms with E-state index >= 15 is 0 Å². The Morgan fingerprint density at radius 2 is 1.81 bits per heavy atom. The van der Waals surface area contributed by atoms with Crippen LogP contribution in [-0.2, 0) is 9.53 Å². The molecule has 0 radical (unpaired) electrons. The van der Waals surface area contributed by atoms with Gasteiger partial charge in [0.1, 0.15) is 11.6 Å². The first-order chi connectivity index (χ1) is 14.8. The maximum Gasteiger partial charge on any atom is 0.339 e. The molecule has 0 aliphatic rings. The quantitative estimate of drug-likeness (QED) is 0.311. The van der Waals surface area contributed by atoms with E-state index in [9.17, 15) is 14.9 Å². The summed E-state index contributed by atoms with van der Waals surface area (Å²) < 4.78 is 7.69. The number of aromatic nitrogens is 1. The van der Waals surface area contributed by atoms with Gasteiger partial charge in [-0.1, -0.05) is 28.1 Å². The van der Waals surface area contributed by atoms with Crippen LogP contribution >= 0.6 is 15.9 Å². The van der Waals surface area contributed by atoms with E-state index in [4.69, 9.17) is 4.74 Å². The molecule has 0 aliphatic heterocycles. The van der Waals surface area contributed by atoms with Gasteiger partial charge in [-0.2, -0.15) is 5.26 Å². The van der Waals surface area contributed by atoms with Crippen molar-refractivity contribution in [2.75, 3.05) is 12.4 Å². The van der Waals surface area contributed by atoms with Crippen LogP contribution in [0.2, 0.25) is 0 Å². The Morgan fingerprint density at radius 3 is 2.45 bits per heavy atom. The lowest BCUT2D eigenvalue weighted by atomic mass is 10.1. The lowest BCUT2D eigenvalue weighted by Gasteiger charge is -2.13. The Labute approximate surface area is 188 Å². The zero-order valence-electron chi connectivity index (χ0n) is 17.3. The van der Waals surface area contributed by atoms with Crippen LogP contribution in [0.3, 0.4) is 0 Å². The van der Waals surface area contributed by atoms with E-state index in [-0.39, 0.29) is 5.57 Å². The van der Waals surface area contributed by atoms with E-state index in [0.717, 1.165) is 15.9 Å². The Morgan fingerprint density at radius 1 is 1.13 bits per heavy atom. The standard InChI is InChI=1S/C24H20BrN3O3/c1-15-12-17(13-18(14-26)23(29)27-20-10-8-19(25)9-11-20)16(2)28(15)22-7-5-4-6-21(22)24(30)31-3/h4-13H,1-3H3,(H,27,29)/b18-13-. The molecule has 156 valence electrons. The van der Waals surface area contributed by atoms with Gasteiger partial charge >= 0.3 is 5.97 Å². The third kappa shape index (κ3) is 4.76. The van der Waals surface area contributed by atoms with E-state index in [2.05, 4.69) is 21.2 Å². The minimum Gasteiger partial charge on any atom is -0.465 e. The molecule has 1 aromatic heterocycles. The van der Waals surface area contributed by atoms with Crippen LogP contribution in [0.1, 0.15) is 27.3 Å². The molecule has 0 unspecified atom stereocenters. The summed E-state index contributed by atoms with van der Waals surface area (Å²) in [7, 11) is 1.34. The summed E-state index contributed by atoms with van der Waals surface area (Å²) in [5.41, 5.74) is 4.01. The number of rotatable bonds is 5. The minimum absolute atomic E-state index is 0.0237. The number of methoxy groups -OCH3 is 1. The molecule has 3 rings (SSSR count). The number of nitriles is 1. The van der Waals surface area contributed by atoms with Crippen molar-refractivity contribution in [2.24, 2.45) is 0 Å². The molecule has 0 saturated carbocycles. The number of halogens is 1. The highest BCUT2D eigenvalue weighted by Crippen LogP contribution is 2.26. The second kappa shape index (κ2) is 9.45. The number of carbonyl (C=O) groups excluding carboxylic acids is 2. The van der Waals surface area contributed by atoms with E-state index in [1.54, 1.807) is 42.5 Å². The number of benzene rings is 2. The summed E-state index contributed by atoms with van der Waals surface area (Å²) in [5, 5.41) is 12.3. The zero-order chi connectivity index (χ0) is 22.5. The highest BCUT2D eigenvalue weighted by molar-refractivity contribution is 9.10. The SMILES string of the molecule is COC(=O)c1ccccc1-n1c(C)cc(/C=C(/C#N)C(=O)Nc2ccc(Br)cc2)c1C. The maximum atomic E-state index is 12.6. The predicted octanol–water partition coefficient (Wildman–Crippen LogP) is 5.19. The topological polar surface area (TPSA) is 84.1 Å².